The number of aromatic carboxylic acids is 1. The van der Waals surface area contributed by atoms with E-state index < -0.39 is 5.97 Å². The van der Waals surface area contributed by atoms with Crippen molar-refractivity contribution in [2.45, 2.75) is 0 Å². The number of hydrogen-bond acceptors (Lipinski definition) is 7. The Morgan fingerprint density at radius 1 is 0.792 bits per heavy atom. The van der Waals surface area contributed by atoms with Gasteiger partial charge in [-0.3, -0.25) is 0 Å². The van der Waals surface area contributed by atoms with Gasteiger partial charge in [-0.15, -0.1) is 0 Å². The van der Waals surface area contributed by atoms with E-state index in [2.05, 4.69) is 0 Å². The summed E-state index contributed by atoms with van der Waals surface area (Å²) < 4.78 is 31.7. The highest BCUT2D eigenvalue weighted by Gasteiger charge is 2.18. The number of benzene rings is 1. The Balaban J connectivity index is 3.08. The van der Waals surface area contributed by atoms with Gasteiger partial charge in [0.2, 0.25) is 5.75 Å². The minimum atomic E-state index is -1.09. The van der Waals surface area contributed by atoms with Gasteiger partial charge in [0, 0.05) is 21.3 Å². The monoisotopic (exact) mass is 344 g/mol. The number of hydrogen-bond donors (Lipinski definition) is 1. The fourth-order valence-electron chi connectivity index (χ4n) is 1.75. The standard InChI is InChI=1S/C16H24O8/c1-19-4-7-22-13-10-12(16(17)18)11-14(23-8-5-20-2)15(13)24-9-6-21-3/h10-11H,4-9H2,1-3H3,(H,17,18). The molecule has 0 aliphatic rings. The van der Waals surface area contributed by atoms with Crippen molar-refractivity contribution in [2.24, 2.45) is 0 Å². The molecule has 0 aromatic heterocycles. The van der Waals surface area contributed by atoms with Crippen molar-refractivity contribution < 1.29 is 38.3 Å². The minimum absolute atomic E-state index is 0.0360. The van der Waals surface area contributed by atoms with Gasteiger partial charge < -0.3 is 33.5 Å². The lowest BCUT2D eigenvalue weighted by molar-refractivity contribution is 0.0694. The number of rotatable bonds is 13. The van der Waals surface area contributed by atoms with Crippen molar-refractivity contribution in [3.63, 3.8) is 0 Å². The Hall–Kier alpha value is -2.03. The zero-order valence-corrected chi connectivity index (χ0v) is 14.2. The van der Waals surface area contributed by atoms with E-state index in [0.717, 1.165) is 0 Å². The van der Waals surface area contributed by atoms with Crippen LogP contribution in [-0.2, 0) is 14.2 Å². The third-order valence-electron chi connectivity index (χ3n) is 2.89. The molecule has 0 aliphatic heterocycles. The van der Waals surface area contributed by atoms with Gasteiger partial charge in [-0.1, -0.05) is 0 Å². The van der Waals surface area contributed by atoms with Crippen LogP contribution < -0.4 is 14.2 Å². The molecular weight excluding hydrogens is 320 g/mol. The van der Waals surface area contributed by atoms with Crippen LogP contribution in [0.4, 0.5) is 0 Å². The lowest BCUT2D eigenvalue weighted by atomic mass is 10.2. The highest BCUT2D eigenvalue weighted by Crippen LogP contribution is 2.39. The molecule has 0 saturated carbocycles. The Kier molecular flexibility index (Phi) is 9.59. The van der Waals surface area contributed by atoms with Gasteiger partial charge in [0.25, 0.3) is 0 Å². The van der Waals surface area contributed by atoms with E-state index in [4.69, 9.17) is 28.4 Å². The molecular formula is C16H24O8. The van der Waals surface area contributed by atoms with E-state index in [1.54, 1.807) is 21.3 Å². The normalized spacial score (nSPS) is 10.5. The predicted molar refractivity (Wildman–Crippen MR) is 85.5 cm³/mol. The number of ether oxygens (including phenoxy) is 6. The van der Waals surface area contributed by atoms with E-state index >= 15 is 0 Å². The Morgan fingerprint density at radius 3 is 1.58 bits per heavy atom. The van der Waals surface area contributed by atoms with Gasteiger partial charge in [0.1, 0.15) is 19.8 Å². The topological polar surface area (TPSA) is 92.7 Å². The van der Waals surface area contributed by atoms with E-state index in [1.807, 2.05) is 0 Å². The van der Waals surface area contributed by atoms with Crippen LogP contribution in [0.5, 0.6) is 17.2 Å². The molecule has 0 spiro atoms. The first-order valence-electron chi connectivity index (χ1n) is 7.40. The van der Waals surface area contributed by atoms with Crippen LogP contribution in [0.15, 0.2) is 12.1 Å². The van der Waals surface area contributed by atoms with Gasteiger partial charge in [-0.2, -0.15) is 0 Å². The fraction of sp³-hybridized carbons (Fsp3) is 0.562. The van der Waals surface area contributed by atoms with E-state index in [0.29, 0.717) is 25.6 Å². The summed E-state index contributed by atoms with van der Waals surface area (Å²) in [6.07, 6.45) is 0. The molecule has 0 saturated heterocycles. The molecule has 1 N–H and O–H groups in total. The van der Waals surface area contributed by atoms with Crippen molar-refractivity contribution >= 4 is 5.97 Å². The first kappa shape index (κ1) is 20.0. The van der Waals surface area contributed by atoms with Crippen molar-refractivity contribution in [3.8, 4) is 17.2 Å². The summed E-state index contributed by atoms with van der Waals surface area (Å²) in [5.41, 5.74) is 0.0360. The number of methoxy groups -OCH3 is 3. The summed E-state index contributed by atoms with van der Waals surface area (Å²) in [5, 5.41) is 9.26. The molecule has 0 amide bonds. The second kappa shape index (κ2) is 11.5. The number of carboxylic acids is 1. The molecule has 0 heterocycles. The quantitative estimate of drug-likeness (QED) is 0.538. The molecule has 0 fully saturated rings. The van der Waals surface area contributed by atoms with Crippen LogP contribution in [0.2, 0.25) is 0 Å². The first-order chi connectivity index (χ1) is 11.6. The molecule has 8 heteroatoms. The van der Waals surface area contributed by atoms with Crippen LogP contribution in [0.3, 0.4) is 0 Å². The predicted octanol–water partition coefficient (Wildman–Crippen LogP) is 1.46. The largest absolute Gasteiger partial charge is 0.487 e. The van der Waals surface area contributed by atoms with Crippen LogP contribution in [0.1, 0.15) is 10.4 Å². The van der Waals surface area contributed by atoms with E-state index in [1.165, 1.54) is 12.1 Å². The molecule has 136 valence electrons. The zero-order valence-electron chi connectivity index (χ0n) is 14.2. The van der Waals surface area contributed by atoms with Gasteiger partial charge >= 0.3 is 5.97 Å². The molecule has 24 heavy (non-hydrogen) atoms. The minimum Gasteiger partial charge on any atom is -0.487 e. The summed E-state index contributed by atoms with van der Waals surface area (Å²) in [7, 11) is 4.65. The van der Waals surface area contributed by atoms with Crippen molar-refractivity contribution in [1.29, 1.82) is 0 Å². The lowest BCUT2D eigenvalue weighted by Gasteiger charge is -2.17. The molecule has 0 bridgehead atoms. The zero-order chi connectivity index (χ0) is 17.8. The third kappa shape index (κ3) is 6.61. The molecule has 0 aliphatic carbocycles. The van der Waals surface area contributed by atoms with Gasteiger partial charge in [0.05, 0.1) is 25.4 Å². The van der Waals surface area contributed by atoms with Gasteiger partial charge in [-0.25, -0.2) is 4.79 Å². The molecule has 1 rings (SSSR count). The maximum atomic E-state index is 11.3. The SMILES string of the molecule is COCCOc1cc(C(=O)O)cc(OCCOC)c1OCCOC. The van der Waals surface area contributed by atoms with Crippen LogP contribution in [-0.4, -0.2) is 72.0 Å². The van der Waals surface area contributed by atoms with Crippen molar-refractivity contribution in [1.82, 2.24) is 0 Å². The average molecular weight is 344 g/mol. The summed E-state index contributed by atoms with van der Waals surface area (Å²) in [4.78, 5) is 11.3. The maximum Gasteiger partial charge on any atom is 0.335 e. The summed E-state index contributed by atoms with van der Waals surface area (Å²) in [5.74, 6) is -0.221. The first-order valence-corrected chi connectivity index (χ1v) is 7.40. The third-order valence-corrected chi connectivity index (χ3v) is 2.89. The van der Waals surface area contributed by atoms with Crippen LogP contribution in [0.25, 0.3) is 0 Å². The Bertz CT molecular complexity index is 472. The van der Waals surface area contributed by atoms with E-state index in [-0.39, 0.29) is 36.9 Å². The number of carbonyl (C=O) groups is 1. The Morgan fingerprint density at radius 2 is 1.21 bits per heavy atom. The molecule has 0 unspecified atom stereocenters. The fourth-order valence-corrected chi connectivity index (χ4v) is 1.75. The number of carboxylic acid groups (broad SMARTS) is 1. The lowest BCUT2D eigenvalue weighted by Crippen LogP contribution is -2.12. The van der Waals surface area contributed by atoms with Crippen molar-refractivity contribution in [3.05, 3.63) is 17.7 Å². The highest BCUT2D eigenvalue weighted by molar-refractivity contribution is 5.89. The summed E-state index contributed by atoms with van der Waals surface area (Å²) in [6.45, 7) is 1.85. The smallest absolute Gasteiger partial charge is 0.335 e. The molecule has 0 radical (unpaired) electrons. The highest BCUT2D eigenvalue weighted by atomic mass is 16.6. The summed E-state index contributed by atoms with van der Waals surface area (Å²) >= 11 is 0. The van der Waals surface area contributed by atoms with Gasteiger partial charge in [-0.05, 0) is 12.1 Å². The second-order valence-electron chi connectivity index (χ2n) is 4.63. The molecule has 0 atom stereocenters. The molecule has 1 aromatic rings. The van der Waals surface area contributed by atoms with E-state index in [9.17, 15) is 9.90 Å². The Labute approximate surface area is 141 Å². The second-order valence-corrected chi connectivity index (χ2v) is 4.63. The summed E-state index contributed by atoms with van der Waals surface area (Å²) in [6, 6.07) is 2.78. The average Bonchev–Trinajstić information content (AvgIpc) is 2.56. The van der Waals surface area contributed by atoms with Crippen molar-refractivity contribution in [2.75, 3.05) is 61.0 Å². The van der Waals surface area contributed by atoms with Gasteiger partial charge in [0.15, 0.2) is 11.5 Å². The molecule has 8 nitrogen and oxygen atoms in total. The molecule has 1 aromatic carbocycles. The van der Waals surface area contributed by atoms with Crippen LogP contribution in [0, 0.1) is 0 Å². The maximum absolute atomic E-state index is 11.3. The van der Waals surface area contributed by atoms with Crippen LogP contribution >= 0.6 is 0 Å².